The van der Waals surface area contributed by atoms with Crippen LogP contribution in [-0.4, -0.2) is 24.3 Å². The van der Waals surface area contributed by atoms with Gasteiger partial charge in [0.05, 0.1) is 11.0 Å². The largest absolute Gasteiger partial charge is 0.297 e. The first-order valence-electron chi connectivity index (χ1n) is 8.51. The van der Waals surface area contributed by atoms with Crippen molar-refractivity contribution in [1.82, 2.24) is 24.3 Å². The average Bonchev–Trinajstić information content (AvgIpc) is 3.06. The Morgan fingerprint density at radius 3 is 2.35 bits per heavy atom. The van der Waals surface area contributed by atoms with Gasteiger partial charge in [-0.25, -0.2) is 15.0 Å². The van der Waals surface area contributed by atoms with Crippen molar-refractivity contribution in [3.05, 3.63) is 66.5 Å². The Kier molecular flexibility index (Phi) is 2.48. The maximum atomic E-state index is 4.96. The number of imidazole rings is 1. The lowest BCUT2D eigenvalue weighted by molar-refractivity contribution is 1.19. The highest BCUT2D eigenvalue weighted by Crippen LogP contribution is 2.33. The maximum absolute atomic E-state index is 4.96. The molecular weight excluding hydrogens is 322 g/mol. The number of para-hydroxylation sites is 2. The van der Waals surface area contributed by atoms with Crippen LogP contribution in [0.1, 0.15) is 5.56 Å². The van der Waals surface area contributed by atoms with Gasteiger partial charge in [-0.3, -0.25) is 9.38 Å². The van der Waals surface area contributed by atoms with Gasteiger partial charge in [0.2, 0.25) is 0 Å². The number of aryl methyl sites for hydroxylation is 1. The van der Waals surface area contributed by atoms with E-state index in [1.54, 1.807) is 6.20 Å². The van der Waals surface area contributed by atoms with Crippen LogP contribution in [0.15, 0.2) is 60.9 Å². The fourth-order valence-electron chi connectivity index (χ4n) is 3.68. The maximum Gasteiger partial charge on any atom is 0.138 e. The Morgan fingerprint density at radius 1 is 0.731 bits per heavy atom. The van der Waals surface area contributed by atoms with E-state index in [1.807, 2.05) is 42.5 Å². The zero-order chi connectivity index (χ0) is 17.3. The van der Waals surface area contributed by atoms with Crippen LogP contribution in [0, 0.1) is 6.92 Å². The van der Waals surface area contributed by atoms with Gasteiger partial charge in [-0.1, -0.05) is 18.2 Å². The standard InChI is InChI=1S/C21H13N5/c1-12-8-9-16-25-19-17-13(5-4-10-22-17)18-20(21(19)26(16)11-12)24-15-7-3-2-6-14(15)23-18/h2-11H,1H3. The molecule has 122 valence electrons. The molecule has 0 spiro atoms. The quantitative estimate of drug-likeness (QED) is 0.304. The molecule has 0 unspecified atom stereocenters. The van der Waals surface area contributed by atoms with Crippen LogP contribution in [0.5, 0.6) is 0 Å². The van der Waals surface area contributed by atoms with Crippen molar-refractivity contribution in [3.8, 4) is 0 Å². The van der Waals surface area contributed by atoms with Gasteiger partial charge in [0.15, 0.2) is 0 Å². The number of aromatic nitrogens is 5. The first kappa shape index (κ1) is 13.7. The Balaban J connectivity index is 2.01. The van der Waals surface area contributed by atoms with Crippen LogP contribution in [-0.2, 0) is 0 Å². The summed E-state index contributed by atoms with van der Waals surface area (Å²) in [7, 11) is 0. The van der Waals surface area contributed by atoms with Crippen molar-refractivity contribution < 1.29 is 0 Å². The third-order valence-electron chi connectivity index (χ3n) is 4.85. The fraction of sp³-hybridized carbons (Fsp3) is 0.0476. The first-order chi connectivity index (χ1) is 12.8. The third kappa shape index (κ3) is 1.69. The molecule has 26 heavy (non-hydrogen) atoms. The summed E-state index contributed by atoms with van der Waals surface area (Å²) in [5.74, 6) is 0. The highest BCUT2D eigenvalue weighted by atomic mass is 15.0. The summed E-state index contributed by atoms with van der Waals surface area (Å²) in [5.41, 5.74) is 8.23. The summed E-state index contributed by atoms with van der Waals surface area (Å²) >= 11 is 0. The zero-order valence-electron chi connectivity index (χ0n) is 14.0. The molecule has 4 aromatic heterocycles. The number of hydrogen-bond acceptors (Lipinski definition) is 4. The summed E-state index contributed by atoms with van der Waals surface area (Å²) in [6.07, 6.45) is 3.90. The van der Waals surface area contributed by atoms with E-state index in [-0.39, 0.29) is 0 Å². The number of rotatable bonds is 0. The second-order valence-electron chi connectivity index (χ2n) is 6.55. The summed E-state index contributed by atoms with van der Waals surface area (Å²) in [5, 5.41) is 0.980. The lowest BCUT2D eigenvalue weighted by Gasteiger charge is -2.07. The molecule has 0 aliphatic carbocycles. The van der Waals surface area contributed by atoms with Crippen molar-refractivity contribution in [3.63, 3.8) is 0 Å². The average molecular weight is 335 g/mol. The monoisotopic (exact) mass is 335 g/mol. The fourth-order valence-corrected chi connectivity index (χ4v) is 3.68. The van der Waals surface area contributed by atoms with Crippen LogP contribution < -0.4 is 0 Å². The normalized spacial score (nSPS) is 12.0. The Labute approximate surface area is 148 Å². The Bertz CT molecular complexity index is 1500. The molecule has 2 aromatic carbocycles. The predicted molar refractivity (Wildman–Crippen MR) is 103 cm³/mol. The van der Waals surface area contributed by atoms with Crippen molar-refractivity contribution in [2.24, 2.45) is 0 Å². The highest BCUT2D eigenvalue weighted by molar-refractivity contribution is 6.21. The number of pyridine rings is 2. The molecule has 0 radical (unpaired) electrons. The van der Waals surface area contributed by atoms with Gasteiger partial charge in [0.1, 0.15) is 33.2 Å². The Morgan fingerprint density at radius 2 is 1.50 bits per heavy atom. The van der Waals surface area contributed by atoms with Gasteiger partial charge >= 0.3 is 0 Å². The first-order valence-corrected chi connectivity index (χ1v) is 8.51. The summed E-state index contributed by atoms with van der Waals surface area (Å²) in [6.45, 7) is 2.08. The molecule has 0 aliphatic heterocycles. The van der Waals surface area contributed by atoms with Crippen LogP contribution in [0.3, 0.4) is 0 Å². The molecule has 0 amide bonds. The molecule has 0 N–H and O–H groups in total. The number of fused-ring (bicyclic) bond motifs is 9. The molecule has 6 rings (SSSR count). The second kappa shape index (κ2) is 4.73. The van der Waals surface area contributed by atoms with E-state index in [0.717, 1.165) is 49.7 Å². The van der Waals surface area contributed by atoms with Gasteiger partial charge in [-0.2, -0.15) is 0 Å². The van der Waals surface area contributed by atoms with Crippen molar-refractivity contribution >= 4 is 49.7 Å². The third-order valence-corrected chi connectivity index (χ3v) is 4.85. The molecular formula is C21H13N5. The van der Waals surface area contributed by atoms with E-state index in [2.05, 4.69) is 28.6 Å². The van der Waals surface area contributed by atoms with Crippen molar-refractivity contribution in [2.75, 3.05) is 0 Å². The minimum absolute atomic E-state index is 0.859. The minimum atomic E-state index is 0.859. The molecule has 0 saturated heterocycles. The molecule has 5 nitrogen and oxygen atoms in total. The summed E-state index contributed by atoms with van der Waals surface area (Å²) < 4.78 is 2.10. The van der Waals surface area contributed by atoms with Gasteiger partial charge in [0, 0.05) is 17.8 Å². The van der Waals surface area contributed by atoms with E-state index in [4.69, 9.17) is 15.0 Å². The predicted octanol–water partition coefficient (Wildman–Crippen LogP) is 4.44. The van der Waals surface area contributed by atoms with Gasteiger partial charge < -0.3 is 0 Å². The van der Waals surface area contributed by atoms with Crippen LogP contribution in [0.4, 0.5) is 0 Å². The molecule has 0 aliphatic rings. The smallest absolute Gasteiger partial charge is 0.138 e. The SMILES string of the molecule is Cc1ccc2nc3c4ncccc4c4nc5ccccc5nc4c3n2c1. The van der Waals surface area contributed by atoms with Crippen molar-refractivity contribution in [1.29, 1.82) is 0 Å². The molecule has 4 heterocycles. The lowest BCUT2D eigenvalue weighted by Crippen LogP contribution is -1.94. The van der Waals surface area contributed by atoms with Gasteiger partial charge in [-0.15, -0.1) is 0 Å². The van der Waals surface area contributed by atoms with Crippen LogP contribution in [0.25, 0.3) is 49.7 Å². The molecule has 0 atom stereocenters. The van der Waals surface area contributed by atoms with Crippen molar-refractivity contribution in [2.45, 2.75) is 6.92 Å². The van der Waals surface area contributed by atoms with Crippen LogP contribution >= 0.6 is 0 Å². The highest BCUT2D eigenvalue weighted by Gasteiger charge is 2.17. The van der Waals surface area contributed by atoms with Gasteiger partial charge in [-0.05, 0) is 42.8 Å². The van der Waals surface area contributed by atoms with E-state index >= 15 is 0 Å². The molecule has 0 fully saturated rings. The Hall–Kier alpha value is -3.60. The summed E-state index contributed by atoms with van der Waals surface area (Å²) in [6, 6.07) is 16.0. The molecule has 6 aromatic rings. The topological polar surface area (TPSA) is 56.0 Å². The number of nitrogens with zero attached hydrogens (tertiary/aromatic N) is 5. The van der Waals surface area contributed by atoms with E-state index in [1.165, 1.54) is 5.56 Å². The van der Waals surface area contributed by atoms with Crippen LogP contribution in [0.2, 0.25) is 0 Å². The van der Waals surface area contributed by atoms with E-state index < -0.39 is 0 Å². The van der Waals surface area contributed by atoms with E-state index in [9.17, 15) is 0 Å². The summed E-state index contributed by atoms with van der Waals surface area (Å²) in [4.78, 5) is 19.3. The second-order valence-corrected chi connectivity index (χ2v) is 6.55. The zero-order valence-corrected chi connectivity index (χ0v) is 14.0. The van der Waals surface area contributed by atoms with E-state index in [0.29, 0.717) is 0 Å². The molecule has 0 saturated carbocycles. The number of benzene rings is 2. The lowest BCUT2D eigenvalue weighted by atomic mass is 10.1. The minimum Gasteiger partial charge on any atom is -0.297 e. The molecule has 0 bridgehead atoms. The number of hydrogen-bond donors (Lipinski definition) is 0. The molecule has 5 heteroatoms. The van der Waals surface area contributed by atoms with Gasteiger partial charge in [0.25, 0.3) is 0 Å².